The number of ether oxygens (including phenoxy) is 2. The van der Waals surface area contributed by atoms with Gasteiger partial charge in [0, 0.05) is 37.5 Å². The van der Waals surface area contributed by atoms with E-state index in [9.17, 15) is 4.79 Å². The highest BCUT2D eigenvalue weighted by Gasteiger charge is 2.25. The van der Waals surface area contributed by atoms with E-state index in [0.717, 1.165) is 60.0 Å². The highest BCUT2D eigenvalue weighted by Crippen LogP contribution is 2.31. The predicted molar refractivity (Wildman–Crippen MR) is 108 cm³/mol. The van der Waals surface area contributed by atoms with Crippen LogP contribution in [-0.4, -0.2) is 35.6 Å². The van der Waals surface area contributed by atoms with Crippen molar-refractivity contribution in [2.24, 2.45) is 0 Å². The van der Waals surface area contributed by atoms with Gasteiger partial charge in [-0.1, -0.05) is 19.3 Å². The minimum atomic E-state index is 0.0351. The Bertz CT molecular complexity index is 887. The van der Waals surface area contributed by atoms with E-state index < -0.39 is 0 Å². The molecule has 2 aliphatic rings. The van der Waals surface area contributed by atoms with Crippen LogP contribution in [0.5, 0.6) is 11.5 Å². The van der Waals surface area contributed by atoms with Gasteiger partial charge < -0.3 is 14.5 Å². The zero-order valence-electron chi connectivity index (χ0n) is 16.8. The fourth-order valence-corrected chi connectivity index (χ4v) is 4.45. The standard InChI is InChI=1S/C22H29N3O3/c1-27-17-8-9-20(28-2)16(12-17)13-25-11-10-19-18(14-25)22(26)24-21(23-19)15-6-4-3-5-7-15/h8-9,12,15H,3-7,10-11,13-14H2,1-2H3,(H,23,24,26). The molecule has 28 heavy (non-hydrogen) atoms. The van der Waals surface area contributed by atoms with Crippen LogP contribution in [0.2, 0.25) is 0 Å². The van der Waals surface area contributed by atoms with Gasteiger partial charge in [-0.25, -0.2) is 4.98 Å². The van der Waals surface area contributed by atoms with Crippen LogP contribution in [0.25, 0.3) is 0 Å². The summed E-state index contributed by atoms with van der Waals surface area (Å²) in [7, 11) is 3.34. The van der Waals surface area contributed by atoms with Crippen molar-refractivity contribution in [1.82, 2.24) is 14.9 Å². The van der Waals surface area contributed by atoms with Crippen molar-refractivity contribution >= 4 is 0 Å². The van der Waals surface area contributed by atoms with Crippen LogP contribution in [0.4, 0.5) is 0 Å². The SMILES string of the molecule is COc1ccc(OC)c(CN2CCc3nc(C4CCCCC4)[nH]c(=O)c3C2)c1. The Labute approximate surface area is 165 Å². The van der Waals surface area contributed by atoms with Crippen LogP contribution in [-0.2, 0) is 19.5 Å². The average molecular weight is 383 g/mol. The van der Waals surface area contributed by atoms with E-state index in [0.29, 0.717) is 19.0 Å². The summed E-state index contributed by atoms with van der Waals surface area (Å²) >= 11 is 0. The van der Waals surface area contributed by atoms with Crippen molar-refractivity contribution in [2.75, 3.05) is 20.8 Å². The Morgan fingerprint density at radius 2 is 2.00 bits per heavy atom. The molecule has 1 aromatic carbocycles. The van der Waals surface area contributed by atoms with Gasteiger partial charge in [-0.2, -0.15) is 0 Å². The van der Waals surface area contributed by atoms with Gasteiger partial charge in [-0.15, -0.1) is 0 Å². The molecule has 0 saturated heterocycles. The van der Waals surface area contributed by atoms with E-state index in [1.54, 1.807) is 14.2 Å². The van der Waals surface area contributed by atoms with Crippen LogP contribution in [0.1, 0.15) is 60.7 Å². The molecule has 0 spiro atoms. The van der Waals surface area contributed by atoms with E-state index in [2.05, 4.69) is 9.88 Å². The first-order valence-corrected chi connectivity index (χ1v) is 10.2. The van der Waals surface area contributed by atoms with E-state index in [-0.39, 0.29) is 5.56 Å². The lowest BCUT2D eigenvalue weighted by atomic mass is 9.88. The quantitative estimate of drug-likeness (QED) is 0.857. The van der Waals surface area contributed by atoms with Crippen LogP contribution < -0.4 is 15.0 Å². The minimum Gasteiger partial charge on any atom is -0.497 e. The number of aromatic amines is 1. The van der Waals surface area contributed by atoms with Gasteiger partial charge in [0.25, 0.3) is 5.56 Å². The van der Waals surface area contributed by atoms with Gasteiger partial charge in [0.05, 0.1) is 25.5 Å². The second-order valence-corrected chi connectivity index (χ2v) is 7.85. The first-order chi connectivity index (χ1) is 13.7. The van der Waals surface area contributed by atoms with Gasteiger partial charge >= 0.3 is 0 Å². The monoisotopic (exact) mass is 383 g/mol. The lowest BCUT2D eigenvalue weighted by Gasteiger charge is -2.29. The van der Waals surface area contributed by atoms with Crippen molar-refractivity contribution in [2.45, 2.75) is 57.5 Å². The summed E-state index contributed by atoms with van der Waals surface area (Å²) in [5.41, 5.74) is 2.90. The van der Waals surface area contributed by atoms with Crippen LogP contribution in [0, 0.1) is 0 Å². The molecule has 0 atom stereocenters. The molecule has 1 aliphatic carbocycles. The van der Waals surface area contributed by atoms with Crippen LogP contribution >= 0.6 is 0 Å². The summed E-state index contributed by atoms with van der Waals surface area (Å²) in [5.74, 6) is 2.98. The second-order valence-electron chi connectivity index (χ2n) is 7.85. The zero-order chi connectivity index (χ0) is 19.5. The number of aromatic nitrogens is 2. The van der Waals surface area contributed by atoms with Crippen molar-refractivity contribution in [3.63, 3.8) is 0 Å². The maximum atomic E-state index is 12.8. The summed E-state index contributed by atoms with van der Waals surface area (Å²) in [5, 5.41) is 0. The number of hydrogen-bond donors (Lipinski definition) is 1. The molecule has 1 saturated carbocycles. The molecule has 1 aliphatic heterocycles. The van der Waals surface area contributed by atoms with Gasteiger partial charge in [0.15, 0.2) is 0 Å². The number of H-pyrrole nitrogens is 1. The third kappa shape index (κ3) is 3.92. The first-order valence-electron chi connectivity index (χ1n) is 10.2. The highest BCUT2D eigenvalue weighted by molar-refractivity contribution is 5.40. The molecule has 6 nitrogen and oxygen atoms in total. The summed E-state index contributed by atoms with van der Waals surface area (Å²) in [6.07, 6.45) is 6.87. The van der Waals surface area contributed by atoms with E-state index in [1.807, 2.05) is 18.2 Å². The van der Waals surface area contributed by atoms with Gasteiger partial charge in [-0.05, 0) is 31.0 Å². The molecule has 6 heteroatoms. The third-order valence-corrected chi connectivity index (χ3v) is 6.04. The Morgan fingerprint density at radius 3 is 2.75 bits per heavy atom. The van der Waals surface area contributed by atoms with Gasteiger partial charge in [0.1, 0.15) is 17.3 Å². The Balaban J connectivity index is 1.53. The van der Waals surface area contributed by atoms with Crippen LogP contribution in [0.3, 0.4) is 0 Å². The molecule has 150 valence electrons. The van der Waals surface area contributed by atoms with E-state index in [1.165, 1.54) is 19.3 Å². The number of nitrogens with one attached hydrogen (secondary N) is 1. The van der Waals surface area contributed by atoms with Crippen molar-refractivity contribution < 1.29 is 9.47 Å². The lowest BCUT2D eigenvalue weighted by Crippen LogP contribution is -2.36. The smallest absolute Gasteiger partial charge is 0.255 e. The van der Waals surface area contributed by atoms with Gasteiger partial charge in [-0.3, -0.25) is 9.69 Å². The Hall–Kier alpha value is -2.34. The minimum absolute atomic E-state index is 0.0351. The molecule has 2 aromatic rings. The highest BCUT2D eigenvalue weighted by atomic mass is 16.5. The maximum absolute atomic E-state index is 12.8. The topological polar surface area (TPSA) is 67.5 Å². The summed E-state index contributed by atoms with van der Waals surface area (Å²) < 4.78 is 10.9. The van der Waals surface area contributed by atoms with E-state index >= 15 is 0 Å². The molecule has 1 fully saturated rings. The van der Waals surface area contributed by atoms with Crippen molar-refractivity contribution in [3.05, 3.63) is 51.2 Å². The summed E-state index contributed by atoms with van der Waals surface area (Å²) in [6, 6.07) is 5.83. The van der Waals surface area contributed by atoms with Gasteiger partial charge in [0.2, 0.25) is 0 Å². The third-order valence-electron chi connectivity index (χ3n) is 6.04. The molecular formula is C22H29N3O3. The molecule has 1 N–H and O–H groups in total. The number of hydrogen-bond acceptors (Lipinski definition) is 5. The molecule has 2 heterocycles. The average Bonchev–Trinajstić information content (AvgIpc) is 2.74. The lowest BCUT2D eigenvalue weighted by molar-refractivity contribution is 0.237. The molecule has 4 rings (SSSR count). The molecule has 0 bridgehead atoms. The molecule has 0 radical (unpaired) electrons. The number of fused-ring (bicyclic) bond motifs is 1. The molecule has 0 amide bonds. The molecular weight excluding hydrogens is 354 g/mol. The second kappa shape index (κ2) is 8.35. The fraction of sp³-hybridized carbons (Fsp3) is 0.545. The molecule has 0 unspecified atom stereocenters. The van der Waals surface area contributed by atoms with Crippen LogP contribution in [0.15, 0.2) is 23.0 Å². The Morgan fingerprint density at radius 1 is 1.18 bits per heavy atom. The number of rotatable bonds is 5. The summed E-state index contributed by atoms with van der Waals surface area (Å²) in [4.78, 5) is 23.0. The normalized spacial score (nSPS) is 17.9. The summed E-state index contributed by atoms with van der Waals surface area (Å²) in [6.45, 7) is 2.21. The fourth-order valence-electron chi connectivity index (χ4n) is 4.45. The number of nitrogens with zero attached hydrogens (tertiary/aromatic N) is 2. The number of benzene rings is 1. The largest absolute Gasteiger partial charge is 0.497 e. The van der Waals surface area contributed by atoms with Crippen molar-refractivity contribution in [3.8, 4) is 11.5 Å². The molecule has 1 aromatic heterocycles. The first kappa shape index (κ1) is 19.0. The zero-order valence-corrected chi connectivity index (χ0v) is 16.8. The maximum Gasteiger partial charge on any atom is 0.255 e. The van der Waals surface area contributed by atoms with Crippen molar-refractivity contribution in [1.29, 1.82) is 0 Å². The predicted octanol–water partition coefficient (Wildman–Crippen LogP) is 3.39. The Kier molecular flexibility index (Phi) is 5.67. The number of methoxy groups -OCH3 is 2. The van der Waals surface area contributed by atoms with E-state index in [4.69, 9.17) is 14.5 Å².